The highest BCUT2D eigenvalue weighted by molar-refractivity contribution is 5.79. The molecule has 3 atom stereocenters. The molecule has 102 valence electrons. The summed E-state index contributed by atoms with van der Waals surface area (Å²) in [7, 11) is 1.66. The van der Waals surface area contributed by atoms with E-state index in [0.717, 1.165) is 36.0 Å². The van der Waals surface area contributed by atoms with E-state index in [1.807, 2.05) is 31.2 Å². The van der Waals surface area contributed by atoms with Gasteiger partial charge in [-0.1, -0.05) is 12.1 Å². The Morgan fingerprint density at radius 3 is 2.42 bits per heavy atom. The summed E-state index contributed by atoms with van der Waals surface area (Å²) < 4.78 is 5.14. The van der Waals surface area contributed by atoms with Crippen molar-refractivity contribution in [3.8, 4) is 5.75 Å². The number of carbonyl (C=O) groups excluding carboxylic acids is 1. The van der Waals surface area contributed by atoms with E-state index in [2.05, 4.69) is 5.32 Å². The van der Waals surface area contributed by atoms with Gasteiger partial charge >= 0.3 is 0 Å². The standard InChI is InChI=1S/C16H21NO2/c1-10(11-3-5-15(19-2)6-4-11)17-16(18)14-8-12-7-13(12)9-14/h3-6,10,12-14H,7-9H2,1-2H3,(H,17,18)/t10-,12?,13?,14?/m1/s1. The molecule has 3 rings (SSSR count). The maximum atomic E-state index is 12.2. The molecule has 1 aromatic carbocycles. The van der Waals surface area contributed by atoms with Crippen molar-refractivity contribution in [2.45, 2.75) is 32.2 Å². The highest BCUT2D eigenvalue weighted by Gasteiger charge is 2.48. The maximum Gasteiger partial charge on any atom is 0.223 e. The first-order valence-electron chi connectivity index (χ1n) is 7.11. The van der Waals surface area contributed by atoms with Crippen molar-refractivity contribution in [2.24, 2.45) is 17.8 Å². The zero-order valence-electron chi connectivity index (χ0n) is 11.6. The van der Waals surface area contributed by atoms with Gasteiger partial charge in [-0.3, -0.25) is 4.79 Å². The number of hydrogen-bond donors (Lipinski definition) is 1. The van der Waals surface area contributed by atoms with Crippen LogP contribution in [0.25, 0.3) is 0 Å². The first-order valence-corrected chi connectivity index (χ1v) is 7.11. The normalized spacial score (nSPS) is 29.5. The molecule has 0 aliphatic heterocycles. The molecule has 2 aliphatic carbocycles. The lowest BCUT2D eigenvalue weighted by Crippen LogP contribution is -2.32. The fourth-order valence-corrected chi connectivity index (χ4v) is 3.24. The predicted octanol–water partition coefficient (Wildman–Crippen LogP) is 2.92. The number of ether oxygens (including phenoxy) is 1. The number of methoxy groups -OCH3 is 1. The third-order valence-corrected chi connectivity index (χ3v) is 4.59. The second-order valence-corrected chi connectivity index (χ2v) is 5.93. The molecule has 2 saturated carbocycles. The Labute approximate surface area is 114 Å². The van der Waals surface area contributed by atoms with E-state index >= 15 is 0 Å². The van der Waals surface area contributed by atoms with E-state index in [1.165, 1.54) is 6.42 Å². The molecule has 2 unspecified atom stereocenters. The lowest BCUT2D eigenvalue weighted by Gasteiger charge is -2.18. The number of fused-ring (bicyclic) bond motifs is 1. The van der Waals surface area contributed by atoms with Crippen LogP contribution in [-0.4, -0.2) is 13.0 Å². The van der Waals surface area contributed by atoms with Gasteiger partial charge in [0.1, 0.15) is 5.75 Å². The average Bonchev–Trinajstić information content (AvgIpc) is 3.05. The molecular weight excluding hydrogens is 238 g/mol. The molecule has 19 heavy (non-hydrogen) atoms. The summed E-state index contributed by atoms with van der Waals surface area (Å²) in [6.07, 6.45) is 3.56. The third-order valence-electron chi connectivity index (χ3n) is 4.59. The molecule has 0 bridgehead atoms. The van der Waals surface area contributed by atoms with Gasteiger partial charge in [0.05, 0.1) is 13.2 Å². The number of nitrogens with one attached hydrogen (secondary N) is 1. The Kier molecular flexibility index (Phi) is 3.21. The highest BCUT2D eigenvalue weighted by Crippen LogP contribution is 2.54. The van der Waals surface area contributed by atoms with Crippen LogP contribution in [0.2, 0.25) is 0 Å². The van der Waals surface area contributed by atoms with Crippen LogP contribution >= 0.6 is 0 Å². The van der Waals surface area contributed by atoms with Crippen LogP contribution in [0.15, 0.2) is 24.3 Å². The smallest absolute Gasteiger partial charge is 0.223 e. The third kappa shape index (κ3) is 2.60. The van der Waals surface area contributed by atoms with Gasteiger partial charge in [0.15, 0.2) is 0 Å². The average molecular weight is 259 g/mol. The number of benzene rings is 1. The van der Waals surface area contributed by atoms with E-state index in [9.17, 15) is 4.79 Å². The molecule has 0 saturated heterocycles. The monoisotopic (exact) mass is 259 g/mol. The van der Waals surface area contributed by atoms with Gasteiger partial charge in [0, 0.05) is 5.92 Å². The Morgan fingerprint density at radius 2 is 1.84 bits per heavy atom. The van der Waals surface area contributed by atoms with Crippen molar-refractivity contribution < 1.29 is 9.53 Å². The Morgan fingerprint density at radius 1 is 1.21 bits per heavy atom. The molecule has 2 fully saturated rings. The van der Waals surface area contributed by atoms with Crippen molar-refractivity contribution in [3.63, 3.8) is 0 Å². The van der Waals surface area contributed by atoms with Crippen molar-refractivity contribution in [3.05, 3.63) is 29.8 Å². The second-order valence-electron chi connectivity index (χ2n) is 5.93. The van der Waals surface area contributed by atoms with Crippen LogP contribution in [0.5, 0.6) is 5.75 Å². The molecule has 0 aromatic heterocycles. The Bertz CT molecular complexity index is 458. The number of amides is 1. The molecule has 0 spiro atoms. The van der Waals surface area contributed by atoms with Crippen molar-refractivity contribution in [1.82, 2.24) is 5.32 Å². The first kappa shape index (κ1) is 12.5. The van der Waals surface area contributed by atoms with Crippen molar-refractivity contribution in [2.75, 3.05) is 7.11 Å². The molecule has 3 nitrogen and oxygen atoms in total. The Balaban J connectivity index is 1.57. The second kappa shape index (κ2) is 4.87. The Hall–Kier alpha value is -1.51. The lowest BCUT2D eigenvalue weighted by atomic mass is 10.0. The van der Waals surface area contributed by atoms with Gasteiger partial charge in [-0.15, -0.1) is 0 Å². The van der Waals surface area contributed by atoms with Crippen LogP contribution in [0.3, 0.4) is 0 Å². The van der Waals surface area contributed by atoms with E-state index in [4.69, 9.17) is 4.74 Å². The molecule has 2 aliphatic rings. The van der Waals surface area contributed by atoms with Crippen LogP contribution in [0, 0.1) is 17.8 Å². The van der Waals surface area contributed by atoms with Gasteiger partial charge in [0.2, 0.25) is 5.91 Å². The summed E-state index contributed by atoms with van der Waals surface area (Å²) in [5, 5.41) is 3.14. The highest BCUT2D eigenvalue weighted by atomic mass is 16.5. The van der Waals surface area contributed by atoms with Crippen LogP contribution in [0.4, 0.5) is 0 Å². The van der Waals surface area contributed by atoms with Gasteiger partial charge in [-0.05, 0) is 55.7 Å². The van der Waals surface area contributed by atoms with Crippen LogP contribution in [0.1, 0.15) is 37.8 Å². The molecule has 1 amide bonds. The van der Waals surface area contributed by atoms with Gasteiger partial charge in [0.25, 0.3) is 0 Å². The molecule has 0 heterocycles. The number of hydrogen-bond acceptors (Lipinski definition) is 2. The number of carbonyl (C=O) groups is 1. The number of rotatable bonds is 4. The van der Waals surface area contributed by atoms with E-state index in [-0.39, 0.29) is 17.9 Å². The van der Waals surface area contributed by atoms with Crippen LogP contribution < -0.4 is 10.1 Å². The van der Waals surface area contributed by atoms with E-state index in [1.54, 1.807) is 7.11 Å². The summed E-state index contributed by atoms with van der Waals surface area (Å²) in [5.41, 5.74) is 1.12. The fraction of sp³-hybridized carbons (Fsp3) is 0.562. The summed E-state index contributed by atoms with van der Waals surface area (Å²) in [5.74, 6) is 3.04. The van der Waals surface area contributed by atoms with Gasteiger partial charge < -0.3 is 10.1 Å². The van der Waals surface area contributed by atoms with Crippen LogP contribution in [-0.2, 0) is 4.79 Å². The van der Waals surface area contributed by atoms with Crippen molar-refractivity contribution in [1.29, 1.82) is 0 Å². The van der Waals surface area contributed by atoms with Gasteiger partial charge in [-0.25, -0.2) is 0 Å². The minimum Gasteiger partial charge on any atom is -0.497 e. The topological polar surface area (TPSA) is 38.3 Å². The molecular formula is C16H21NO2. The fourth-order valence-electron chi connectivity index (χ4n) is 3.24. The van der Waals surface area contributed by atoms with E-state index in [0.29, 0.717) is 0 Å². The zero-order chi connectivity index (χ0) is 13.4. The zero-order valence-corrected chi connectivity index (χ0v) is 11.6. The SMILES string of the molecule is COc1ccc([C@@H](C)NC(=O)C2CC3CC3C2)cc1. The van der Waals surface area contributed by atoms with Gasteiger partial charge in [-0.2, -0.15) is 0 Å². The minimum atomic E-state index is 0.0651. The molecule has 1 aromatic rings. The van der Waals surface area contributed by atoms with Crippen molar-refractivity contribution >= 4 is 5.91 Å². The predicted molar refractivity (Wildman–Crippen MR) is 73.9 cm³/mol. The maximum absolute atomic E-state index is 12.2. The summed E-state index contributed by atoms with van der Waals surface area (Å²) in [6, 6.07) is 7.95. The lowest BCUT2D eigenvalue weighted by molar-refractivity contribution is -0.125. The summed E-state index contributed by atoms with van der Waals surface area (Å²) in [6.45, 7) is 2.04. The first-order chi connectivity index (χ1) is 9.17. The molecule has 0 radical (unpaired) electrons. The quantitative estimate of drug-likeness (QED) is 0.903. The molecule has 1 N–H and O–H groups in total. The minimum absolute atomic E-state index is 0.0651. The van der Waals surface area contributed by atoms with E-state index < -0.39 is 0 Å². The summed E-state index contributed by atoms with van der Waals surface area (Å²) in [4.78, 5) is 12.2. The molecule has 3 heteroatoms. The largest absolute Gasteiger partial charge is 0.497 e. The summed E-state index contributed by atoms with van der Waals surface area (Å²) >= 11 is 0.